The molecule has 3 nitrogen and oxygen atoms in total. The Morgan fingerprint density at radius 1 is 0.741 bits per heavy atom. The summed E-state index contributed by atoms with van der Waals surface area (Å²) in [5, 5.41) is 0. The zero-order valence-electron chi connectivity index (χ0n) is 18.6. The molecule has 0 spiro atoms. The second-order valence-corrected chi connectivity index (χ2v) is 7.58. The highest BCUT2D eigenvalue weighted by molar-refractivity contribution is 5.69. The molecule has 0 aliphatic heterocycles. The number of carbonyl (C=O) groups excluding carboxylic acids is 1. The van der Waals surface area contributed by atoms with Gasteiger partial charge in [0.15, 0.2) is 0 Å². The third kappa shape index (κ3) is 19.7. The van der Waals surface area contributed by atoms with Gasteiger partial charge in [-0.05, 0) is 45.2 Å². The molecule has 27 heavy (non-hydrogen) atoms. The van der Waals surface area contributed by atoms with Crippen LogP contribution in [0.4, 0.5) is 0 Å². The van der Waals surface area contributed by atoms with Gasteiger partial charge in [-0.2, -0.15) is 0 Å². The van der Waals surface area contributed by atoms with Gasteiger partial charge < -0.3 is 9.64 Å². The predicted molar refractivity (Wildman–Crippen MR) is 118 cm³/mol. The smallest absolute Gasteiger partial charge is 0.305 e. The van der Waals surface area contributed by atoms with Gasteiger partial charge >= 0.3 is 5.97 Å². The third-order valence-electron chi connectivity index (χ3n) is 5.21. The third-order valence-corrected chi connectivity index (χ3v) is 5.21. The maximum Gasteiger partial charge on any atom is 0.305 e. The van der Waals surface area contributed by atoms with Crippen molar-refractivity contribution < 1.29 is 9.53 Å². The molecule has 0 aliphatic rings. The fourth-order valence-corrected chi connectivity index (χ4v) is 3.24. The monoisotopic (exact) mass is 381 g/mol. The van der Waals surface area contributed by atoms with E-state index in [1.807, 2.05) is 0 Å². The summed E-state index contributed by atoms with van der Waals surface area (Å²) in [7, 11) is 0. The first-order valence-electron chi connectivity index (χ1n) is 11.8. The average Bonchev–Trinajstić information content (AvgIpc) is 2.68. The fourth-order valence-electron chi connectivity index (χ4n) is 3.24. The van der Waals surface area contributed by atoms with Gasteiger partial charge in [-0.3, -0.25) is 4.79 Å². The van der Waals surface area contributed by atoms with Crippen molar-refractivity contribution in [2.75, 3.05) is 26.2 Å². The van der Waals surface area contributed by atoms with Crippen LogP contribution in [0.2, 0.25) is 0 Å². The minimum absolute atomic E-state index is 0.0244. The first-order chi connectivity index (χ1) is 13.2. The number of carbonyl (C=O) groups is 1. The molecule has 0 N–H and O–H groups in total. The van der Waals surface area contributed by atoms with Gasteiger partial charge in [0.1, 0.15) is 6.61 Å². The second-order valence-electron chi connectivity index (χ2n) is 7.58. The number of unbranched alkanes of at least 4 members (excludes halogenated alkanes) is 11. The van der Waals surface area contributed by atoms with Crippen molar-refractivity contribution in [2.24, 2.45) is 0 Å². The standard InChI is InChI=1S/C24H47NO2/c1-4-7-8-9-10-11-12-13-14-15-16-17-18-19-20-21-24(26)27-23-22-25(5-2)6-3/h11-12H,4-10,13-23H2,1-3H3/b12-11+. The highest BCUT2D eigenvalue weighted by Crippen LogP contribution is 2.11. The zero-order valence-corrected chi connectivity index (χ0v) is 18.6. The van der Waals surface area contributed by atoms with E-state index in [0.29, 0.717) is 13.0 Å². The largest absolute Gasteiger partial charge is 0.464 e. The van der Waals surface area contributed by atoms with Crippen molar-refractivity contribution >= 4 is 5.97 Å². The lowest BCUT2D eigenvalue weighted by atomic mass is 10.1. The molecule has 0 bridgehead atoms. The lowest BCUT2D eigenvalue weighted by Crippen LogP contribution is -2.27. The first-order valence-corrected chi connectivity index (χ1v) is 11.8. The van der Waals surface area contributed by atoms with Crippen LogP contribution in [0.5, 0.6) is 0 Å². The highest BCUT2D eigenvalue weighted by Gasteiger charge is 2.04. The van der Waals surface area contributed by atoms with Crippen LogP contribution in [0.3, 0.4) is 0 Å². The van der Waals surface area contributed by atoms with Crippen molar-refractivity contribution in [3.63, 3.8) is 0 Å². The number of hydrogen-bond donors (Lipinski definition) is 0. The van der Waals surface area contributed by atoms with Gasteiger partial charge in [0, 0.05) is 13.0 Å². The first kappa shape index (κ1) is 26.2. The summed E-state index contributed by atoms with van der Waals surface area (Å²) in [6, 6.07) is 0. The molecule has 160 valence electrons. The normalized spacial score (nSPS) is 11.6. The summed E-state index contributed by atoms with van der Waals surface area (Å²) < 4.78 is 5.31. The van der Waals surface area contributed by atoms with Gasteiger partial charge in [0.2, 0.25) is 0 Å². The van der Waals surface area contributed by atoms with Crippen molar-refractivity contribution in [1.82, 2.24) is 4.90 Å². The Morgan fingerprint density at radius 3 is 1.81 bits per heavy atom. The molecule has 0 fully saturated rings. The molecule has 0 radical (unpaired) electrons. The van der Waals surface area contributed by atoms with E-state index in [1.165, 1.54) is 70.6 Å². The van der Waals surface area contributed by atoms with E-state index in [2.05, 4.69) is 37.8 Å². The Labute approximate surface area is 169 Å². The van der Waals surface area contributed by atoms with Crippen LogP contribution in [0.1, 0.15) is 111 Å². The van der Waals surface area contributed by atoms with Crippen molar-refractivity contribution in [3.05, 3.63) is 12.2 Å². The number of allylic oxidation sites excluding steroid dienone is 2. The van der Waals surface area contributed by atoms with E-state index in [9.17, 15) is 4.79 Å². The summed E-state index contributed by atoms with van der Waals surface area (Å²) >= 11 is 0. The maximum absolute atomic E-state index is 11.7. The van der Waals surface area contributed by atoms with Crippen molar-refractivity contribution in [3.8, 4) is 0 Å². The van der Waals surface area contributed by atoms with Gasteiger partial charge in [-0.15, -0.1) is 0 Å². The second kappa shape index (κ2) is 21.5. The van der Waals surface area contributed by atoms with E-state index >= 15 is 0 Å². The summed E-state index contributed by atoms with van der Waals surface area (Å²) in [4.78, 5) is 14.0. The molecule has 0 aromatic carbocycles. The summed E-state index contributed by atoms with van der Waals surface area (Å²) in [5.41, 5.74) is 0. The molecule has 3 heteroatoms. The van der Waals surface area contributed by atoms with Crippen LogP contribution < -0.4 is 0 Å². The van der Waals surface area contributed by atoms with Crippen LogP contribution >= 0.6 is 0 Å². The summed E-state index contributed by atoms with van der Waals surface area (Å²) in [6.07, 6.45) is 22.0. The molecule has 0 rings (SSSR count). The predicted octanol–water partition coefficient (Wildman–Crippen LogP) is 6.91. The van der Waals surface area contributed by atoms with Crippen LogP contribution in [0.25, 0.3) is 0 Å². The molecule has 0 saturated carbocycles. The van der Waals surface area contributed by atoms with Crippen molar-refractivity contribution in [2.45, 2.75) is 111 Å². The molecule has 0 aliphatic carbocycles. The average molecular weight is 382 g/mol. The maximum atomic E-state index is 11.7. The fraction of sp³-hybridized carbons (Fsp3) is 0.875. The van der Waals surface area contributed by atoms with Crippen LogP contribution in [-0.4, -0.2) is 37.1 Å². The zero-order chi connectivity index (χ0) is 20.0. The number of nitrogens with zero attached hydrogens (tertiary/aromatic N) is 1. The molecular formula is C24H47NO2. The highest BCUT2D eigenvalue weighted by atomic mass is 16.5. The minimum Gasteiger partial charge on any atom is -0.464 e. The van der Waals surface area contributed by atoms with Gasteiger partial charge in [-0.25, -0.2) is 0 Å². The molecule has 0 saturated heterocycles. The number of ether oxygens (including phenoxy) is 1. The van der Waals surface area contributed by atoms with Gasteiger partial charge in [0.05, 0.1) is 0 Å². The Bertz CT molecular complexity index is 337. The van der Waals surface area contributed by atoms with E-state index in [4.69, 9.17) is 4.74 Å². The number of hydrogen-bond acceptors (Lipinski definition) is 3. The van der Waals surface area contributed by atoms with E-state index in [0.717, 1.165) is 32.5 Å². The lowest BCUT2D eigenvalue weighted by Gasteiger charge is -2.17. The molecule has 0 unspecified atom stereocenters. The topological polar surface area (TPSA) is 29.5 Å². The summed E-state index contributed by atoms with van der Waals surface area (Å²) in [5.74, 6) is -0.0244. The number of likely N-dealkylation sites (N-methyl/N-ethyl adjacent to an activating group) is 1. The summed E-state index contributed by atoms with van der Waals surface area (Å²) in [6.45, 7) is 9.96. The number of esters is 1. The van der Waals surface area contributed by atoms with Crippen LogP contribution in [-0.2, 0) is 9.53 Å². The molecule has 0 heterocycles. The van der Waals surface area contributed by atoms with Crippen LogP contribution in [0.15, 0.2) is 12.2 Å². The Hall–Kier alpha value is -0.830. The lowest BCUT2D eigenvalue weighted by molar-refractivity contribution is -0.144. The quantitative estimate of drug-likeness (QED) is 0.130. The molecule has 0 aromatic heterocycles. The van der Waals surface area contributed by atoms with E-state index in [-0.39, 0.29) is 5.97 Å². The van der Waals surface area contributed by atoms with Gasteiger partial charge in [-0.1, -0.05) is 84.3 Å². The Kier molecular flexibility index (Phi) is 20.8. The molecular weight excluding hydrogens is 334 g/mol. The Balaban J connectivity index is 3.26. The molecule has 0 atom stereocenters. The minimum atomic E-state index is -0.0244. The Morgan fingerprint density at radius 2 is 1.26 bits per heavy atom. The van der Waals surface area contributed by atoms with Crippen LogP contribution in [0, 0.1) is 0 Å². The van der Waals surface area contributed by atoms with E-state index in [1.54, 1.807) is 0 Å². The molecule has 0 amide bonds. The molecule has 0 aromatic rings. The SMILES string of the molecule is CCCCCC/C=C/CCCCCCCCCC(=O)OCCN(CC)CC. The van der Waals surface area contributed by atoms with Gasteiger partial charge in [0.25, 0.3) is 0 Å². The van der Waals surface area contributed by atoms with Crippen molar-refractivity contribution in [1.29, 1.82) is 0 Å². The number of rotatable bonds is 20. The van der Waals surface area contributed by atoms with E-state index < -0.39 is 0 Å².